The van der Waals surface area contributed by atoms with Crippen molar-refractivity contribution in [2.24, 2.45) is 0 Å². The van der Waals surface area contributed by atoms with E-state index in [-0.39, 0.29) is 11.1 Å². The van der Waals surface area contributed by atoms with Crippen LogP contribution in [-0.4, -0.2) is 38.3 Å². The lowest BCUT2D eigenvalue weighted by molar-refractivity contribution is -0.0685. The molecule has 4 aromatic rings. The van der Waals surface area contributed by atoms with Crippen molar-refractivity contribution in [2.45, 2.75) is 12.8 Å². The molecule has 0 aliphatic heterocycles. The molecule has 3 nitrogen and oxygen atoms in total. The summed E-state index contributed by atoms with van der Waals surface area (Å²) >= 11 is 0. The predicted molar refractivity (Wildman–Crippen MR) is 146 cm³/mol. The van der Waals surface area contributed by atoms with Crippen molar-refractivity contribution in [3.05, 3.63) is 131 Å². The third kappa shape index (κ3) is 7.26. The minimum atomic E-state index is -4.58. The van der Waals surface area contributed by atoms with Crippen molar-refractivity contribution in [1.82, 2.24) is 4.90 Å². The number of nitrogens with zero attached hydrogens (tertiary/aromatic N) is 1. The van der Waals surface area contributed by atoms with Gasteiger partial charge in [-0.2, -0.15) is 13.2 Å². The summed E-state index contributed by atoms with van der Waals surface area (Å²) in [5.74, 6) is 1.18. The zero-order chi connectivity index (χ0) is 27.0. The summed E-state index contributed by atoms with van der Waals surface area (Å²) in [5, 5.41) is 0. The summed E-state index contributed by atoms with van der Waals surface area (Å²) < 4.78 is 55.5. The second-order valence-corrected chi connectivity index (χ2v) is 9.09. The van der Waals surface area contributed by atoms with E-state index in [2.05, 4.69) is 0 Å². The second-order valence-electron chi connectivity index (χ2n) is 9.09. The molecule has 0 N–H and O–H groups in total. The van der Waals surface area contributed by atoms with E-state index in [0.717, 1.165) is 12.1 Å². The van der Waals surface area contributed by atoms with Gasteiger partial charge in [0.25, 0.3) is 0 Å². The van der Waals surface area contributed by atoms with Gasteiger partial charge in [-0.15, -0.1) is 0 Å². The number of benzene rings is 4. The summed E-state index contributed by atoms with van der Waals surface area (Å²) in [6, 6.07) is 31.1. The summed E-state index contributed by atoms with van der Waals surface area (Å²) in [6.07, 6.45) is -4.58. The molecule has 0 aromatic heterocycles. The number of ether oxygens (including phenoxy) is 2. The van der Waals surface area contributed by atoms with Crippen LogP contribution in [0.4, 0.5) is 13.2 Å². The zero-order valence-electron chi connectivity index (χ0n) is 21.4. The van der Waals surface area contributed by atoms with Crippen LogP contribution in [0.3, 0.4) is 0 Å². The Morgan fingerprint density at radius 3 is 1.63 bits per heavy atom. The van der Waals surface area contributed by atoms with Crippen molar-refractivity contribution in [2.75, 3.05) is 27.2 Å². The molecular formula is C32H30F3NO2. The Morgan fingerprint density at radius 1 is 0.632 bits per heavy atom. The Balaban J connectivity index is 1.71. The number of likely N-dealkylation sites (N-methyl/N-ethyl adjacent to an activating group) is 1. The van der Waals surface area contributed by atoms with E-state index < -0.39 is 11.7 Å². The van der Waals surface area contributed by atoms with Crippen LogP contribution in [0.2, 0.25) is 0 Å². The molecule has 0 saturated carbocycles. The highest BCUT2D eigenvalue weighted by atomic mass is 19.4. The molecule has 0 aliphatic rings. The lowest BCUT2D eigenvalue weighted by Gasteiger charge is -2.20. The van der Waals surface area contributed by atoms with Crippen LogP contribution in [0.5, 0.6) is 11.5 Å². The topological polar surface area (TPSA) is 21.7 Å². The van der Waals surface area contributed by atoms with Crippen molar-refractivity contribution >= 4 is 11.1 Å². The van der Waals surface area contributed by atoms with Crippen molar-refractivity contribution in [1.29, 1.82) is 0 Å². The highest BCUT2D eigenvalue weighted by molar-refractivity contribution is 6.00. The Hall–Kier alpha value is -4.03. The minimum Gasteiger partial charge on any atom is -0.492 e. The van der Waals surface area contributed by atoms with E-state index >= 15 is 0 Å². The maximum atomic E-state index is 14.6. The number of hydrogen-bond acceptors (Lipinski definition) is 3. The van der Waals surface area contributed by atoms with Gasteiger partial charge in [0, 0.05) is 12.1 Å². The Labute approximate surface area is 221 Å². The molecule has 0 amide bonds. The van der Waals surface area contributed by atoms with Gasteiger partial charge in [0.15, 0.2) is 0 Å². The number of rotatable bonds is 10. The number of allylic oxidation sites excluding steroid dienone is 1. The largest absolute Gasteiger partial charge is 0.492 e. The maximum Gasteiger partial charge on any atom is 0.417 e. The molecule has 4 rings (SSSR count). The van der Waals surface area contributed by atoms with E-state index in [4.69, 9.17) is 9.47 Å². The molecular weight excluding hydrogens is 487 g/mol. The van der Waals surface area contributed by atoms with Gasteiger partial charge in [0.2, 0.25) is 0 Å². The molecule has 6 heteroatoms. The molecule has 0 atom stereocenters. The first-order chi connectivity index (χ1) is 18.3. The third-order valence-corrected chi connectivity index (χ3v) is 5.94. The zero-order valence-corrected chi connectivity index (χ0v) is 21.4. The average Bonchev–Trinajstić information content (AvgIpc) is 2.91. The van der Waals surface area contributed by atoms with Gasteiger partial charge in [-0.25, -0.2) is 0 Å². The molecule has 4 aromatic carbocycles. The SMILES string of the molecule is CN(C)CCOc1ccc(/C(=C(\c2ccccc2)C(F)(F)F)c2ccc(OCc3ccccc3)cc2)cc1. The van der Waals surface area contributed by atoms with Crippen LogP contribution in [0.25, 0.3) is 11.1 Å². The van der Waals surface area contributed by atoms with E-state index in [1.165, 1.54) is 12.1 Å². The van der Waals surface area contributed by atoms with Gasteiger partial charge in [-0.05, 0) is 60.6 Å². The molecule has 38 heavy (non-hydrogen) atoms. The lowest BCUT2D eigenvalue weighted by atomic mass is 9.89. The monoisotopic (exact) mass is 517 g/mol. The van der Waals surface area contributed by atoms with Crippen LogP contribution in [0, 0.1) is 0 Å². The second kappa shape index (κ2) is 12.5. The first-order valence-electron chi connectivity index (χ1n) is 12.3. The van der Waals surface area contributed by atoms with E-state index in [1.54, 1.807) is 66.7 Å². The number of hydrogen-bond donors (Lipinski definition) is 0. The van der Waals surface area contributed by atoms with Gasteiger partial charge in [0.1, 0.15) is 24.7 Å². The predicted octanol–water partition coefficient (Wildman–Crippen LogP) is 7.73. The van der Waals surface area contributed by atoms with Crippen molar-refractivity contribution in [3.63, 3.8) is 0 Å². The average molecular weight is 518 g/mol. The summed E-state index contributed by atoms with van der Waals surface area (Å²) in [7, 11) is 3.90. The molecule has 0 heterocycles. The minimum absolute atomic E-state index is 0.0955. The molecule has 0 fully saturated rings. The number of halogens is 3. The molecule has 0 radical (unpaired) electrons. The summed E-state index contributed by atoms with van der Waals surface area (Å²) in [5.41, 5.74) is 1.39. The number of alkyl halides is 3. The summed E-state index contributed by atoms with van der Waals surface area (Å²) in [4.78, 5) is 2.00. The van der Waals surface area contributed by atoms with E-state index in [1.807, 2.05) is 49.3 Å². The standard InChI is InChI=1S/C32H30F3NO2/c1-36(2)21-22-37-28-17-13-25(14-18-28)30(31(32(33,34)35)27-11-7-4-8-12-27)26-15-19-29(20-16-26)38-23-24-9-5-3-6-10-24/h3-20H,21-23H2,1-2H3/b31-30-. The first-order valence-corrected chi connectivity index (χ1v) is 12.3. The molecule has 0 aliphatic carbocycles. The van der Waals surface area contributed by atoms with Gasteiger partial charge in [-0.3, -0.25) is 0 Å². The highest BCUT2D eigenvalue weighted by Crippen LogP contribution is 2.43. The lowest BCUT2D eigenvalue weighted by Crippen LogP contribution is -2.19. The van der Waals surface area contributed by atoms with Crippen molar-refractivity contribution in [3.8, 4) is 11.5 Å². The molecule has 0 bridgehead atoms. The third-order valence-electron chi connectivity index (χ3n) is 5.94. The smallest absolute Gasteiger partial charge is 0.417 e. The maximum absolute atomic E-state index is 14.6. The Bertz CT molecular complexity index is 1320. The quantitative estimate of drug-likeness (QED) is 0.201. The summed E-state index contributed by atoms with van der Waals surface area (Å²) in [6.45, 7) is 1.59. The van der Waals surface area contributed by atoms with Crippen LogP contribution in [-0.2, 0) is 6.61 Å². The highest BCUT2D eigenvalue weighted by Gasteiger charge is 2.38. The molecule has 0 spiro atoms. The Kier molecular flexibility index (Phi) is 8.87. The first kappa shape index (κ1) is 27.0. The Morgan fingerprint density at radius 2 is 1.13 bits per heavy atom. The van der Waals surface area contributed by atoms with Crippen molar-refractivity contribution < 1.29 is 22.6 Å². The van der Waals surface area contributed by atoms with Crippen LogP contribution in [0.1, 0.15) is 22.3 Å². The van der Waals surface area contributed by atoms with Gasteiger partial charge in [0.05, 0.1) is 5.57 Å². The van der Waals surface area contributed by atoms with Gasteiger partial charge >= 0.3 is 6.18 Å². The molecule has 0 unspecified atom stereocenters. The van der Waals surface area contributed by atoms with Crippen LogP contribution < -0.4 is 9.47 Å². The molecule has 0 saturated heterocycles. The fraction of sp³-hybridized carbons (Fsp3) is 0.188. The van der Waals surface area contributed by atoms with E-state index in [0.29, 0.717) is 35.8 Å². The fourth-order valence-electron chi connectivity index (χ4n) is 4.03. The fourth-order valence-corrected chi connectivity index (χ4v) is 4.03. The van der Waals surface area contributed by atoms with Crippen LogP contribution in [0.15, 0.2) is 109 Å². The molecule has 196 valence electrons. The van der Waals surface area contributed by atoms with Gasteiger partial charge in [-0.1, -0.05) is 84.9 Å². The normalized spacial score (nSPS) is 12.3. The van der Waals surface area contributed by atoms with Gasteiger partial charge < -0.3 is 14.4 Å². The van der Waals surface area contributed by atoms with Crippen LogP contribution >= 0.6 is 0 Å². The van der Waals surface area contributed by atoms with E-state index in [9.17, 15) is 13.2 Å².